The molecule has 0 saturated heterocycles. The summed E-state index contributed by atoms with van der Waals surface area (Å²) < 4.78 is 5.63. The molecule has 4 heteroatoms. The monoisotopic (exact) mass is 251 g/mol. The fourth-order valence-electron chi connectivity index (χ4n) is 2.07. The molecule has 0 unspecified atom stereocenters. The van der Waals surface area contributed by atoms with Gasteiger partial charge in [-0.05, 0) is 31.7 Å². The highest BCUT2D eigenvalue weighted by Crippen LogP contribution is 2.31. The van der Waals surface area contributed by atoms with Crippen LogP contribution in [0.1, 0.15) is 45.7 Å². The normalized spacial score (nSPS) is 15.3. The summed E-state index contributed by atoms with van der Waals surface area (Å²) in [7, 11) is 0. The minimum Gasteiger partial charge on any atom is -0.432 e. The van der Waals surface area contributed by atoms with Gasteiger partial charge in [-0.2, -0.15) is 4.98 Å². The molecule has 102 valence electrons. The van der Waals surface area contributed by atoms with Crippen molar-refractivity contribution in [2.24, 2.45) is 5.92 Å². The summed E-state index contributed by atoms with van der Waals surface area (Å²) in [6.07, 6.45) is 5.48. The Hall–Kier alpha value is -1.03. The van der Waals surface area contributed by atoms with E-state index < -0.39 is 0 Å². The van der Waals surface area contributed by atoms with Crippen molar-refractivity contribution in [3.05, 3.63) is 12.0 Å². The molecule has 0 radical (unpaired) electrons. The van der Waals surface area contributed by atoms with Crippen molar-refractivity contribution >= 4 is 6.01 Å². The first-order chi connectivity index (χ1) is 8.70. The van der Waals surface area contributed by atoms with Crippen LogP contribution in [-0.2, 0) is 6.54 Å². The third-order valence-electron chi connectivity index (χ3n) is 3.07. The number of aromatic nitrogens is 1. The van der Waals surface area contributed by atoms with Crippen molar-refractivity contribution < 1.29 is 4.42 Å². The van der Waals surface area contributed by atoms with Crippen LogP contribution < -0.4 is 10.2 Å². The molecule has 1 aromatic rings. The Morgan fingerprint density at radius 3 is 2.89 bits per heavy atom. The van der Waals surface area contributed by atoms with Crippen molar-refractivity contribution in [3.8, 4) is 0 Å². The summed E-state index contributed by atoms with van der Waals surface area (Å²) in [5.41, 5.74) is 1.01. The number of nitrogens with zero attached hydrogens (tertiary/aromatic N) is 2. The lowest BCUT2D eigenvalue weighted by Crippen LogP contribution is -2.30. The zero-order valence-electron chi connectivity index (χ0n) is 11.8. The molecule has 1 saturated carbocycles. The van der Waals surface area contributed by atoms with Gasteiger partial charge in [0.05, 0.1) is 5.69 Å². The highest BCUT2D eigenvalue weighted by Gasteiger charge is 2.32. The first-order valence-corrected chi connectivity index (χ1v) is 7.12. The minimum atomic E-state index is 0.638. The van der Waals surface area contributed by atoms with Gasteiger partial charge in [0.15, 0.2) is 0 Å². The highest BCUT2D eigenvalue weighted by molar-refractivity contribution is 5.31. The van der Waals surface area contributed by atoms with Crippen molar-refractivity contribution in [1.82, 2.24) is 10.3 Å². The van der Waals surface area contributed by atoms with Crippen molar-refractivity contribution in [2.45, 2.75) is 52.6 Å². The minimum absolute atomic E-state index is 0.638. The molecule has 0 atom stereocenters. The first-order valence-electron chi connectivity index (χ1n) is 7.12. The van der Waals surface area contributed by atoms with Crippen LogP contribution in [0.2, 0.25) is 0 Å². The number of oxazole rings is 1. The van der Waals surface area contributed by atoms with Gasteiger partial charge in [-0.25, -0.2) is 0 Å². The number of hydrogen-bond acceptors (Lipinski definition) is 4. The molecule has 0 aliphatic heterocycles. The van der Waals surface area contributed by atoms with Gasteiger partial charge in [0, 0.05) is 19.1 Å². The molecule has 1 aliphatic rings. The Bertz CT molecular complexity index is 358. The molecule has 1 N–H and O–H groups in total. The zero-order chi connectivity index (χ0) is 13.0. The Kier molecular flexibility index (Phi) is 4.64. The van der Waals surface area contributed by atoms with Gasteiger partial charge in [-0.1, -0.05) is 20.8 Å². The molecule has 1 heterocycles. The molecular formula is C14H25N3O. The van der Waals surface area contributed by atoms with E-state index in [4.69, 9.17) is 4.42 Å². The third-order valence-corrected chi connectivity index (χ3v) is 3.07. The standard InChI is InChI=1S/C14H25N3O/c1-4-7-15-8-12-10-18-14(16-12)17(9-11(2)3)13-5-6-13/h10-11,13,15H,4-9H2,1-3H3. The second-order valence-corrected chi connectivity index (χ2v) is 5.58. The molecule has 0 amide bonds. The lowest BCUT2D eigenvalue weighted by molar-refractivity contribution is 0.503. The van der Waals surface area contributed by atoms with Gasteiger partial charge in [-0.3, -0.25) is 0 Å². The summed E-state index contributed by atoms with van der Waals surface area (Å²) in [6, 6.07) is 1.46. The average molecular weight is 251 g/mol. The first kappa shape index (κ1) is 13.4. The molecule has 0 spiro atoms. The van der Waals surface area contributed by atoms with Gasteiger partial charge >= 0.3 is 0 Å². The zero-order valence-corrected chi connectivity index (χ0v) is 11.8. The number of nitrogens with one attached hydrogen (secondary N) is 1. The maximum absolute atomic E-state index is 5.63. The third kappa shape index (κ3) is 3.73. The molecule has 0 aromatic carbocycles. The van der Waals surface area contributed by atoms with Crippen molar-refractivity contribution in [1.29, 1.82) is 0 Å². The lowest BCUT2D eigenvalue weighted by Gasteiger charge is -2.22. The molecule has 1 aliphatic carbocycles. The summed E-state index contributed by atoms with van der Waals surface area (Å²) >= 11 is 0. The fourth-order valence-corrected chi connectivity index (χ4v) is 2.07. The van der Waals surface area contributed by atoms with E-state index >= 15 is 0 Å². The summed E-state index contributed by atoms with van der Waals surface area (Å²) in [4.78, 5) is 6.92. The Morgan fingerprint density at radius 1 is 1.50 bits per heavy atom. The highest BCUT2D eigenvalue weighted by atomic mass is 16.4. The SMILES string of the molecule is CCCNCc1coc(N(CC(C)C)C2CC2)n1. The van der Waals surface area contributed by atoms with Crippen LogP contribution in [0.25, 0.3) is 0 Å². The van der Waals surface area contributed by atoms with E-state index in [0.29, 0.717) is 12.0 Å². The van der Waals surface area contributed by atoms with Crippen LogP contribution in [0, 0.1) is 5.92 Å². The van der Waals surface area contributed by atoms with Crippen LogP contribution >= 0.6 is 0 Å². The van der Waals surface area contributed by atoms with Crippen LogP contribution in [0.4, 0.5) is 6.01 Å². The van der Waals surface area contributed by atoms with E-state index in [9.17, 15) is 0 Å². The average Bonchev–Trinajstić information content (AvgIpc) is 3.06. The molecule has 1 fully saturated rings. The lowest BCUT2D eigenvalue weighted by atomic mass is 10.2. The van der Waals surface area contributed by atoms with Gasteiger partial charge in [0.2, 0.25) is 0 Å². The summed E-state index contributed by atoms with van der Waals surface area (Å²) in [5.74, 6) is 0.638. The predicted octanol–water partition coefficient (Wildman–Crippen LogP) is 2.80. The largest absolute Gasteiger partial charge is 0.432 e. The topological polar surface area (TPSA) is 41.3 Å². The van der Waals surface area contributed by atoms with E-state index in [-0.39, 0.29) is 0 Å². The summed E-state index contributed by atoms with van der Waals surface area (Å²) in [5, 5.41) is 3.35. The molecule has 0 bridgehead atoms. The van der Waals surface area contributed by atoms with Crippen LogP contribution in [0.5, 0.6) is 0 Å². The van der Waals surface area contributed by atoms with Gasteiger partial charge in [0.1, 0.15) is 6.26 Å². The van der Waals surface area contributed by atoms with E-state index in [1.807, 2.05) is 0 Å². The Balaban J connectivity index is 1.93. The van der Waals surface area contributed by atoms with E-state index in [2.05, 4.69) is 36.0 Å². The number of hydrogen-bond donors (Lipinski definition) is 1. The maximum Gasteiger partial charge on any atom is 0.297 e. The number of anilines is 1. The van der Waals surface area contributed by atoms with Crippen LogP contribution in [0.15, 0.2) is 10.7 Å². The Morgan fingerprint density at radius 2 is 2.28 bits per heavy atom. The second kappa shape index (κ2) is 6.23. The Labute approximate surface area is 110 Å². The van der Waals surface area contributed by atoms with Crippen LogP contribution in [0.3, 0.4) is 0 Å². The molecule has 18 heavy (non-hydrogen) atoms. The van der Waals surface area contributed by atoms with Gasteiger partial charge in [-0.15, -0.1) is 0 Å². The summed E-state index contributed by atoms with van der Waals surface area (Å²) in [6.45, 7) is 9.51. The smallest absolute Gasteiger partial charge is 0.297 e. The maximum atomic E-state index is 5.63. The van der Waals surface area contributed by atoms with Gasteiger partial charge in [0.25, 0.3) is 6.01 Å². The van der Waals surface area contributed by atoms with Crippen LogP contribution in [-0.4, -0.2) is 24.1 Å². The molecule has 1 aromatic heterocycles. The van der Waals surface area contributed by atoms with Crippen molar-refractivity contribution in [3.63, 3.8) is 0 Å². The van der Waals surface area contributed by atoms with E-state index in [0.717, 1.165) is 37.8 Å². The predicted molar refractivity (Wildman–Crippen MR) is 73.7 cm³/mol. The molecule has 2 rings (SSSR count). The molecular weight excluding hydrogens is 226 g/mol. The number of rotatable bonds is 8. The van der Waals surface area contributed by atoms with E-state index in [1.54, 1.807) is 6.26 Å². The fraction of sp³-hybridized carbons (Fsp3) is 0.786. The van der Waals surface area contributed by atoms with E-state index in [1.165, 1.54) is 12.8 Å². The van der Waals surface area contributed by atoms with Gasteiger partial charge < -0.3 is 14.6 Å². The second-order valence-electron chi connectivity index (χ2n) is 5.58. The quantitative estimate of drug-likeness (QED) is 0.721. The molecule has 4 nitrogen and oxygen atoms in total. The van der Waals surface area contributed by atoms with Crippen molar-refractivity contribution in [2.75, 3.05) is 18.0 Å².